The average Bonchev–Trinajstić information content (AvgIpc) is 2.62. The molecule has 1 atom stereocenters. The Morgan fingerprint density at radius 2 is 1.85 bits per heavy atom. The molecule has 0 saturated carbocycles. The molecular weight excluding hydrogens is 400 g/mol. The SMILES string of the molecule is NC(=O)CN(Cc1ccc(Br)cc1)C(=O)[C@H]1Cc2ccccc2C(=O)O1. The van der Waals surface area contributed by atoms with Crippen molar-refractivity contribution in [3.63, 3.8) is 0 Å². The number of rotatable bonds is 5. The van der Waals surface area contributed by atoms with Crippen molar-refractivity contribution in [2.75, 3.05) is 6.54 Å². The van der Waals surface area contributed by atoms with Crippen molar-refractivity contribution in [2.24, 2.45) is 5.73 Å². The second-order valence-electron chi connectivity index (χ2n) is 6.04. The van der Waals surface area contributed by atoms with E-state index in [-0.39, 0.29) is 19.5 Å². The number of benzene rings is 2. The fourth-order valence-electron chi connectivity index (χ4n) is 2.88. The van der Waals surface area contributed by atoms with Gasteiger partial charge < -0.3 is 15.4 Å². The molecule has 2 N–H and O–H groups in total. The number of amides is 2. The third kappa shape index (κ3) is 4.11. The van der Waals surface area contributed by atoms with Crippen LogP contribution >= 0.6 is 15.9 Å². The molecule has 0 aliphatic carbocycles. The maximum Gasteiger partial charge on any atom is 0.339 e. The van der Waals surface area contributed by atoms with E-state index in [4.69, 9.17) is 10.5 Å². The summed E-state index contributed by atoms with van der Waals surface area (Å²) in [6.07, 6.45) is -0.691. The fraction of sp³-hybridized carbons (Fsp3) is 0.211. The molecule has 2 aromatic carbocycles. The van der Waals surface area contributed by atoms with Crippen LogP contribution in [0, 0.1) is 0 Å². The molecule has 1 heterocycles. The summed E-state index contributed by atoms with van der Waals surface area (Å²) in [5, 5.41) is 0. The first-order valence-electron chi connectivity index (χ1n) is 8.04. The molecule has 0 unspecified atom stereocenters. The highest BCUT2D eigenvalue weighted by Crippen LogP contribution is 2.22. The van der Waals surface area contributed by atoms with E-state index >= 15 is 0 Å². The summed E-state index contributed by atoms with van der Waals surface area (Å²) in [6, 6.07) is 14.4. The average molecular weight is 417 g/mol. The van der Waals surface area contributed by atoms with Crippen LogP contribution in [0.3, 0.4) is 0 Å². The van der Waals surface area contributed by atoms with Gasteiger partial charge in [0.1, 0.15) is 0 Å². The third-order valence-electron chi connectivity index (χ3n) is 4.11. The molecule has 0 spiro atoms. The Labute approximate surface area is 159 Å². The first kappa shape index (κ1) is 18.1. The number of hydrogen-bond acceptors (Lipinski definition) is 4. The van der Waals surface area contributed by atoms with Gasteiger partial charge in [-0.2, -0.15) is 0 Å². The van der Waals surface area contributed by atoms with Gasteiger partial charge in [-0.25, -0.2) is 4.79 Å². The largest absolute Gasteiger partial charge is 0.448 e. The lowest BCUT2D eigenvalue weighted by Gasteiger charge is -2.29. The first-order valence-corrected chi connectivity index (χ1v) is 8.84. The quantitative estimate of drug-likeness (QED) is 0.755. The molecule has 0 aromatic heterocycles. The summed E-state index contributed by atoms with van der Waals surface area (Å²) < 4.78 is 6.21. The minimum absolute atomic E-state index is 0.199. The van der Waals surface area contributed by atoms with Crippen LogP contribution in [0.25, 0.3) is 0 Å². The van der Waals surface area contributed by atoms with Gasteiger partial charge in [-0.3, -0.25) is 9.59 Å². The van der Waals surface area contributed by atoms with Crippen LogP contribution < -0.4 is 5.73 Å². The molecule has 2 aromatic rings. The Bertz CT molecular complexity index is 851. The molecule has 0 bridgehead atoms. The summed E-state index contributed by atoms with van der Waals surface area (Å²) in [6.45, 7) is -0.0463. The van der Waals surface area contributed by atoms with Crippen LogP contribution in [0.5, 0.6) is 0 Å². The summed E-state index contributed by atoms with van der Waals surface area (Å²) in [4.78, 5) is 37.8. The van der Waals surface area contributed by atoms with Crippen molar-refractivity contribution in [3.05, 3.63) is 69.7 Å². The molecule has 7 heteroatoms. The maximum atomic E-state index is 12.9. The van der Waals surface area contributed by atoms with Crippen molar-refractivity contribution in [1.82, 2.24) is 4.90 Å². The number of carbonyl (C=O) groups excluding carboxylic acids is 3. The predicted octanol–water partition coefficient (Wildman–Crippen LogP) is 2.04. The minimum Gasteiger partial charge on any atom is -0.448 e. The Morgan fingerprint density at radius 1 is 1.15 bits per heavy atom. The normalized spacial score (nSPS) is 15.7. The van der Waals surface area contributed by atoms with Gasteiger partial charge in [0.2, 0.25) is 5.91 Å². The molecule has 26 heavy (non-hydrogen) atoms. The topological polar surface area (TPSA) is 89.7 Å². The van der Waals surface area contributed by atoms with E-state index in [2.05, 4.69) is 15.9 Å². The van der Waals surface area contributed by atoms with E-state index in [9.17, 15) is 14.4 Å². The van der Waals surface area contributed by atoms with E-state index in [0.29, 0.717) is 5.56 Å². The molecule has 1 aliphatic heterocycles. The molecule has 0 fully saturated rings. The van der Waals surface area contributed by atoms with Crippen molar-refractivity contribution in [3.8, 4) is 0 Å². The molecular formula is C19H17BrN2O4. The highest BCUT2D eigenvalue weighted by molar-refractivity contribution is 9.10. The zero-order chi connectivity index (χ0) is 18.7. The Hall–Kier alpha value is -2.67. The van der Waals surface area contributed by atoms with E-state index in [1.54, 1.807) is 18.2 Å². The van der Waals surface area contributed by atoms with E-state index in [1.165, 1.54) is 4.90 Å². The van der Waals surface area contributed by atoms with Crippen molar-refractivity contribution in [1.29, 1.82) is 0 Å². The number of nitrogens with two attached hydrogens (primary N) is 1. The number of cyclic esters (lactones) is 1. The van der Waals surface area contributed by atoms with Crippen LogP contribution in [0.15, 0.2) is 53.0 Å². The molecule has 3 rings (SSSR count). The van der Waals surface area contributed by atoms with E-state index in [1.807, 2.05) is 30.3 Å². The van der Waals surface area contributed by atoms with Gasteiger partial charge in [0.25, 0.3) is 5.91 Å². The van der Waals surface area contributed by atoms with Gasteiger partial charge in [0, 0.05) is 17.4 Å². The maximum absolute atomic E-state index is 12.9. The fourth-order valence-corrected chi connectivity index (χ4v) is 3.15. The number of nitrogens with zero attached hydrogens (tertiary/aromatic N) is 1. The number of primary amides is 1. The predicted molar refractivity (Wildman–Crippen MR) is 98.1 cm³/mol. The second kappa shape index (κ2) is 7.70. The van der Waals surface area contributed by atoms with Crippen LogP contribution in [-0.4, -0.2) is 35.3 Å². The number of esters is 1. The summed E-state index contributed by atoms with van der Waals surface area (Å²) >= 11 is 3.35. The number of hydrogen-bond donors (Lipinski definition) is 1. The zero-order valence-electron chi connectivity index (χ0n) is 13.9. The van der Waals surface area contributed by atoms with E-state index in [0.717, 1.165) is 15.6 Å². The van der Waals surface area contributed by atoms with Gasteiger partial charge in [-0.1, -0.05) is 46.3 Å². The first-order chi connectivity index (χ1) is 12.4. The van der Waals surface area contributed by atoms with Gasteiger partial charge in [-0.15, -0.1) is 0 Å². The van der Waals surface area contributed by atoms with Gasteiger partial charge in [0.05, 0.1) is 12.1 Å². The number of halogens is 1. The van der Waals surface area contributed by atoms with Crippen molar-refractivity contribution in [2.45, 2.75) is 19.1 Å². The number of ether oxygens (including phenoxy) is 1. The molecule has 0 saturated heterocycles. The highest BCUT2D eigenvalue weighted by atomic mass is 79.9. The Morgan fingerprint density at radius 3 is 2.54 bits per heavy atom. The molecule has 1 aliphatic rings. The van der Waals surface area contributed by atoms with Crippen LogP contribution in [0.4, 0.5) is 0 Å². The second-order valence-corrected chi connectivity index (χ2v) is 6.96. The van der Waals surface area contributed by atoms with Crippen LogP contribution in [-0.2, 0) is 27.3 Å². The highest BCUT2D eigenvalue weighted by Gasteiger charge is 2.34. The molecule has 6 nitrogen and oxygen atoms in total. The number of carbonyl (C=O) groups is 3. The number of fused-ring (bicyclic) bond motifs is 1. The molecule has 0 radical (unpaired) electrons. The standard InChI is InChI=1S/C19H17BrN2O4/c20-14-7-5-12(6-8-14)10-22(11-17(21)23)18(24)16-9-13-3-1-2-4-15(13)19(25)26-16/h1-8,16H,9-11H2,(H2,21,23)/t16-/m1/s1. The van der Waals surface area contributed by atoms with Gasteiger partial charge in [0.15, 0.2) is 6.10 Å². The van der Waals surface area contributed by atoms with Gasteiger partial charge >= 0.3 is 5.97 Å². The molecule has 134 valence electrons. The Balaban J connectivity index is 1.80. The van der Waals surface area contributed by atoms with Gasteiger partial charge in [-0.05, 0) is 29.3 Å². The van der Waals surface area contributed by atoms with Crippen LogP contribution in [0.1, 0.15) is 21.5 Å². The lowest BCUT2D eigenvalue weighted by Crippen LogP contribution is -2.47. The monoisotopic (exact) mass is 416 g/mol. The lowest BCUT2D eigenvalue weighted by molar-refractivity contribution is -0.144. The summed E-state index contributed by atoms with van der Waals surface area (Å²) in [5.74, 6) is -1.60. The van der Waals surface area contributed by atoms with E-state index < -0.39 is 23.9 Å². The Kier molecular flexibility index (Phi) is 5.37. The lowest BCUT2D eigenvalue weighted by atomic mass is 9.98. The zero-order valence-corrected chi connectivity index (χ0v) is 15.4. The molecule has 2 amide bonds. The minimum atomic E-state index is -0.966. The smallest absolute Gasteiger partial charge is 0.339 e. The van der Waals surface area contributed by atoms with Crippen molar-refractivity contribution < 1.29 is 19.1 Å². The van der Waals surface area contributed by atoms with Crippen molar-refractivity contribution >= 4 is 33.7 Å². The third-order valence-corrected chi connectivity index (χ3v) is 4.64. The van der Waals surface area contributed by atoms with Crippen LogP contribution in [0.2, 0.25) is 0 Å². The summed E-state index contributed by atoms with van der Waals surface area (Å²) in [5.41, 5.74) is 7.35. The summed E-state index contributed by atoms with van der Waals surface area (Å²) in [7, 11) is 0.